The van der Waals surface area contributed by atoms with Crippen molar-refractivity contribution in [3.63, 3.8) is 0 Å². The summed E-state index contributed by atoms with van der Waals surface area (Å²) in [5.74, 6) is 2.51. The van der Waals surface area contributed by atoms with E-state index in [2.05, 4.69) is 81.1 Å². The summed E-state index contributed by atoms with van der Waals surface area (Å²) >= 11 is 0. The molecule has 2 heterocycles. The molecule has 3 fully saturated rings. The summed E-state index contributed by atoms with van der Waals surface area (Å²) in [7, 11) is 1.84. The molecule has 5 heteroatoms. The highest BCUT2D eigenvalue weighted by Gasteiger charge is 2.81. The summed E-state index contributed by atoms with van der Waals surface area (Å²) in [5, 5.41) is 12.7. The van der Waals surface area contributed by atoms with Gasteiger partial charge < -0.3 is 19.3 Å². The number of likely N-dealkylation sites (tertiary alicyclic amines) is 1. The number of hydrogen-bond donors (Lipinski definition) is 1. The molecule has 7 atom stereocenters. The largest absolute Gasteiger partial charge is 0.485 e. The molecule has 5 aliphatic carbocycles. The molecule has 9 rings (SSSR count). The van der Waals surface area contributed by atoms with Crippen molar-refractivity contribution in [2.75, 3.05) is 20.2 Å². The molecule has 2 aliphatic heterocycles. The van der Waals surface area contributed by atoms with E-state index in [-0.39, 0.29) is 28.3 Å². The average molecular weight is 570 g/mol. The van der Waals surface area contributed by atoms with E-state index in [1.165, 1.54) is 30.5 Å². The van der Waals surface area contributed by atoms with Gasteiger partial charge in [-0.3, -0.25) is 4.90 Å². The minimum atomic E-state index is -0.914. The van der Waals surface area contributed by atoms with Crippen LogP contribution in [-0.2, 0) is 23.2 Å². The van der Waals surface area contributed by atoms with Crippen LogP contribution in [0.1, 0.15) is 76.5 Å². The van der Waals surface area contributed by atoms with Crippen LogP contribution in [0.25, 0.3) is 0 Å². The standard InChI is InChI=1S/C37H47NO4/c1-6-37(39,33(2,3)4)28-21-34-16-17-36(28,40-5)32-35(34)18-19-38(22-24-12-13-24)29(34)20-26-14-15-27(31(42-32)30(26)35)41-23-25-10-8-7-9-11-25/h7-11,14-17,24,28-29,32,39H,6,12-13,18-23H2,1-5H3/t28-,29-,32-,34-,35+,36+,37+/m0/s1. The van der Waals surface area contributed by atoms with Crippen molar-refractivity contribution in [2.45, 2.75) is 102 Å². The highest BCUT2D eigenvalue weighted by atomic mass is 16.6. The van der Waals surface area contributed by atoms with E-state index in [4.69, 9.17) is 14.2 Å². The predicted molar refractivity (Wildman–Crippen MR) is 164 cm³/mol. The number of nitrogens with zero attached hydrogens (tertiary/aromatic N) is 1. The van der Waals surface area contributed by atoms with Gasteiger partial charge in [-0.05, 0) is 73.6 Å². The zero-order valence-corrected chi connectivity index (χ0v) is 26.0. The Kier molecular flexibility index (Phi) is 5.74. The summed E-state index contributed by atoms with van der Waals surface area (Å²) in [4.78, 5) is 2.83. The monoisotopic (exact) mass is 569 g/mol. The first-order valence-corrected chi connectivity index (χ1v) is 16.4. The lowest BCUT2D eigenvalue weighted by molar-refractivity contribution is -0.267. The van der Waals surface area contributed by atoms with Crippen molar-refractivity contribution in [1.29, 1.82) is 0 Å². The fourth-order valence-electron chi connectivity index (χ4n) is 10.5. The van der Waals surface area contributed by atoms with E-state index in [1.807, 2.05) is 13.2 Å². The molecule has 1 saturated heterocycles. The summed E-state index contributed by atoms with van der Waals surface area (Å²) in [6.07, 6.45) is 11.1. The minimum absolute atomic E-state index is 0.0870. The Morgan fingerprint density at radius 3 is 2.55 bits per heavy atom. The number of fused-ring (bicyclic) bond motifs is 1. The van der Waals surface area contributed by atoms with E-state index >= 15 is 0 Å². The van der Waals surface area contributed by atoms with Crippen LogP contribution >= 0.6 is 0 Å². The molecule has 1 N–H and O–H groups in total. The third kappa shape index (κ3) is 3.26. The maximum absolute atomic E-state index is 12.7. The molecule has 42 heavy (non-hydrogen) atoms. The number of aliphatic hydroxyl groups is 1. The molecule has 0 amide bonds. The van der Waals surface area contributed by atoms with Crippen LogP contribution in [-0.4, -0.2) is 53.6 Å². The number of methoxy groups -OCH3 is 1. The summed E-state index contributed by atoms with van der Waals surface area (Å²) in [6.45, 7) is 11.5. The van der Waals surface area contributed by atoms with Gasteiger partial charge in [0.2, 0.25) is 0 Å². The van der Waals surface area contributed by atoms with Crippen LogP contribution < -0.4 is 9.47 Å². The van der Waals surface area contributed by atoms with Gasteiger partial charge in [-0.15, -0.1) is 0 Å². The van der Waals surface area contributed by atoms with Crippen molar-refractivity contribution in [1.82, 2.24) is 4.90 Å². The molecule has 224 valence electrons. The van der Waals surface area contributed by atoms with Gasteiger partial charge in [-0.25, -0.2) is 0 Å². The zero-order valence-electron chi connectivity index (χ0n) is 26.0. The van der Waals surface area contributed by atoms with Crippen LogP contribution in [0.15, 0.2) is 54.6 Å². The predicted octanol–water partition coefficient (Wildman–Crippen LogP) is 6.45. The normalized spacial score (nSPS) is 37.2. The number of piperidine rings is 1. The second kappa shape index (κ2) is 8.86. The number of hydrogen-bond acceptors (Lipinski definition) is 5. The van der Waals surface area contributed by atoms with Gasteiger partial charge in [0.15, 0.2) is 11.5 Å². The first kappa shape index (κ1) is 27.2. The lowest BCUT2D eigenvalue weighted by Gasteiger charge is -2.73. The average Bonchev–Trinajstić information content (AvgIpc) is 3.74. The van der Waals surface area contributed by atoms with Gasteiger partial charge in [0.25, 0.3) is 0 Å². The summed E-state index contributed by atoms with van der Waals surface area (Å²) in [5.41, 5.74) is 1.67. The third-order valence-corrected chi connectivity index (χ3v) is 12.7. The lowest BCUT2D eigenvalue weighted by atomic mass is 9.35. The second-order valence-electron chi connectivity index (χ2n) is 15.3. The lowest BCUT2D eigenvalue weighted by Crippen LogP contribution is -2.81. The van der Waals surface area contributed by atoms with Gasteiger partial charge in [0.05, 0.1) is 11.0 Å². The van der Waals surface area contributed by atoms with Gasteiger partial charge in [0, 0.05) is 36.6 Å². The summed E-state index contributed by atoms with van der Waals surface area (Å²) < 4.78 is 20.6. The van der Waals surface area contributed by atoms with E-state index in [0.717, 1.165) is 48.8 Å². The molecule has 7 aliphatic rings. The quantitative estimate of drug-likeness (QED) is 0.370. The fraction of sp³-hybridized carbons (Fsp3) is 0.622. The molecule has 2 spiro atoms. The number of ether oxygens (including phenoxy) is 3. The molecule has 2 saturated carbocycles. The SMILES string of the molecule is CC[C@@](O)([C@H]1C[C@]23C=C[C@]1(OC)[C@H]1Oc4c(OCc5ccccc5)ccc5c4[C@]12CCN(CC1CC1)[C@H]3C5)C(C)(C)C. The third-order valence-electron chi connectivity index (χ3n) is 12.7. The Hall–Kier alpha value is -2.34. The van der Waals surface area contributed by atoms with E-state index in [0.29, 0.717) is 19.1 Å². The van der Waals surface area contributed by atoms with E-state index < -0.39 is 11.2 Å². The number of rotatable bonds is 8. The number of benzene rings is 2. The molecule has 5 nitrogen and oxygen atoms in total. The zero-order chi connectivity index (χ0) is 29.1. The fourth-order valence-corrected chi connectivity index (χ4v) is 10.5. The Bertz CT molecular complexity index is 1430. The van der Waals surface area contributed by atoms with Gasteiger partial charge in [-0.1, -0.05) is 76.2 Å². The van der Waals surface area contributed by atoms with E-state index in [1.54, 1.807) is 0 Å². The van der Waals surface area contributed by atoms with Crippen LogP contribution in [0.4, 0.5) is 0 Å². The van der Waals surface area contributed by atoms with Crippen molar-refractivity contribution in [3.05, 3.63) is 71.3 Å². The maximum atomic E-state index is 12.7. The van der Waals surface area contributed by atoms with Crippen molar-refractivity contribution < 1.29 is 19.3 Å². The first-order chi connectivity index (χ1) is 20.1. The Labute approximate surface area is 251 Å². The maximum Gasteiger partial charge on any atom is 0.166 e. The van der Waals surface area contributed by atoms with Crippen molar-refractivity contribution in [2.24, 2.45) is 22.7 Å². The molecular weight excluding hydrogens is 522 g/mol. The topological polar surface area (TPSA) is 51.2 Å². The highest BCUT2D eigenvalue weighted by molar-refractivity contribution is 5.65. The van der Waals surface area contributed by atoms with Gasteiger partial charge in [0.1, 0.15) is 18.3 Å². The highest BCUT2D eigenvalue weighted by Crippen LogP contribution is 2.76. The Balaban J connectivity index is 1.31. The van der Waals surface area contributed by atoms with Crippen LogP contribution in [0.5, 0.6) is 11.5 Å². The first-order valence-electron chi connectivity index (χ1n) is 16.4. The van der Waals surface area contributed by atoms with Gasteiger partial charge >= 0.3 is 0 Å². The smallest absolute Gasteiger partial charge is 0.166 e. The molecule has 0 unspecified atom stereocenters. The van der Waals surface area contributed by atoms with Gasteiger partial charge in [-0.2, -0.15) is 0 Å². The van der Waals surface area contributed by atoms with E-state index in [9.17, 15) is 5.11 Å². The Morgan fingerprint density at radius 1 is 1.07 bits per heavy atom. The molecular formula is C37H47NO4. The van der Waals surface area contributed by atoms with Crippen LogP contribution in [0.3, 0.4) is 0 Å². The molecule has 0 radical (unpaired) electrons. The van der Waals surface area contributed by atoms with Crippen molar-refractivity contribution >= 4 is 0 Å². The molecule has 2 aromatic rings. The molecule has 0 aromatic heterocycles. The molecule has 2 aromatic carbocycles. The van der Waals surface area contributed by atoms with Crippen LogP contribution in [0.2, 0.25) is 0 Å². The Morgan fingerprint density at radius 2 is 1.86 bits per heavy atom. The second-order valence-corrected chi connectivity index (χ2v) is 15.3. The summed E-state index contributed by atoms with van der Waals surface area (Å²) in [6, 6.07) is 15.2. The molecule has 4 bridgehead atoms. The van der Waals surface area contributed by atoms with Crippen LogP contribution in [0, 0.1) is 22.7 Å². The van der Waals surface area contributed by atoms with Crippen molar-refractivity contribution in [3.8, 4) is 11.5 Å². The minimum Gasteiger partial charge on any atom is -0.485 e.